The van der Waals surface area contributed by atoms with E-state index in [1.807, 2.05) is 13.8 Å². The van der Waals surface area contributed by atoms with Crippen molar-refractivity contribution in [2.24, 2.45) is 0 Å². The van der Waals surface area contributed by atoms with E-state index in [1.54, 1.807) is 43.5 Å². The summed E-state index contributed by atoms with van der Waals surface area (Å²) in [5, 5.41) is 10.9. The minimum Gasteiger partial charge on any atom is -0.493 e. The monoisotopic (exact) mass is 409 g/mol. The molecule has 0 aromatic heterocycles. The maximum atomic E-state index is 9.54. The average Bonchev–Trinajstić information content (AvgIpc) is 2.61. The van der Waals surface area contributed by atoms with Gasteiger partial charge in [0.25, 0.3) is 0 Å². The predicted octanol–water partition coefficient (Wildman–Crippen LogP) is 6.90. The fourth-order valence-electron chi connectivity index (χ4n) is 2.27. The maximum absolute atomic E-state index is 9.54. The molecule has 26 heavy (non-hydrogen) atoms. The fourth-order valence-corrected chi connectivity index (χ4v) is 3.04. The number of halogens is 3. The third-order valence-electron chi connectivity index (χ3n) is 3.80. The van der Waals surface area contributed by atoms with Crippen molar-refractivity contribution in [3.05, 3.63) is 56.5 Å². The second kappa shape index (κ2) is 9.19. The van der Waals surface area contributed by atoms with Gasteiger partial charge in [0.1, 0.15) is 0 Å². The van der Waals surface area contributed by atoms with Gasteiger partial charge in [-0.2, -0.15) is 5.26 Å². The normalized spacial score (nSPS) is 12.4. The van der Waals surface area contributed by atoms with Crippen molar-refractivity contribution >= 4 is 46.5 Å². The van der Waals surface area contributed by atoms with Crippen molar-refractivity contribution in [3.63, 3.8) is 0 Å². The van der Waals surface area contributed by atoms with E-state index < -0.39 is 0 Å². The summed E-state index contributed by atoms with van der Waals surface area (Å²) in [5.74, 6) is 0.993. The van der Waals surface area contributed by atoms with E-state index in [-0.39, 0.29) is 6.10 Å². The van der Waals surface area contributed by atoms with E-state index in [0.29, 0.717) is 43.3 Å². The number of methoxy groups -OCH3 is 1. The van der Waals surface area contributed by atoms with Crippen LogP contribution in [-0.4, -0.2) is 13.2 Å². The molecule has 0 amide bonds. The molecule has 0 heterocycles. The van der Waals surface area contributed by atoms with Crippen molar-refractivity contribution in [3.8, 4) is 17.6 Å². The lowest BCUT2D eigenvalue weighted by molar-refractivity contribution is 0.208. The first-order valence-electron chi connectivity index (χ1n) is 8.01. The molecule has 2 aromatic rings. The summed E-state index contributed by atoms with van der Waals surface area (Å²) in [7, 11) is 1.55. The number of benzene rings is 2. The van der Waals surface area contributed by atoms with Crippen LogP contribution in [0, 0.1) is 11.3 Å². The van der Waals surface area contributed by atoms with E-state index in [4.69, 9.17) is 44.3 Å². The molecule has 0 bridgehead atoms. The molecule has 0 radical (unpaired) electrons. The van der Waals surface area contributed by atoms with Gasteiger partial charge in [0.15, 0.2) is 11.5 Å². The van der Waals surface area contributed by atoms with Crippen molar-refractivity contribution in [2.75, 3.05) is 7.11 Å². The standard InChI is InChI=1S/C20H18Cl3NO2/c1-4-12(2)26-20-18(23)8-13(9-19(20)25-3)7-14(11-24)16-6-5-15(21)10-17(16)22/h5-10,12H,4H2,1-3H3. The number of rotatable bonds is 6. The van der Waals surface area contributed by atoms with Crippen LogP contribution in [0.15, 0.2) is 30.3 Å². The van der Waals surface area contributed by atoms with Crippen LogP contribution in [0.3, 0.4) is 0 Å². The molecule has 3 nitrogen and oxygen atoms in total. The summed E-state index contributed by atoms with van der Waals surface area (Å²) in [6.45, 7) is 3.98. The lowest BCUT2D eigenvalue weighted by Gasteiger charge is -2.17. The fraction of sp³-hybridized carbons (Fsp3) is 0.250. The molecule has 1 atom stereocenters. The highest BCUT2D eigenvalue weighted by molar-refractivity contribution is 6.36. The van der Waals surface area contributed by atoms with Gasteiger partial charge >= 0.3 is 0 Å². The lowest BCUT2D eigenvalue weighted by Crippen LogP contribution is -2.11. The molecule has 0 aliphatic carbocycles. The number of ether oxygens (including phenoxy) is 2. The highest BCUT2D eigenvalue weighted by Crippen LogP contribution is 2.38. The number of allylic oxidation sites excluding steroid dienone is 1. The third-order valence-corrected chi connectivity index (χ3v) is 4.63. The van der Waals surface area contributed by atoms with Gasteiger partial charge in [-0.15, -0.1) is 0 Å². The molecule has 1 unspecified atom stereocenters. The Labute approximate surface area is 168 Å². The Morgan fingerprint density at radius 2 is 1.92 bits per heavy atom. The van der Waals surface area contributed by atoms with Crippen LogP contribution in [-0.2, 0) is 0 Å². The zero-order chi connectivity index (χ0) is 19.3. The Kier molecular flexibility index (Phi) is 7.23. The number of hydrogen-bond donors (Lipinski definition) is 0. The summed E-state index contributed by atoms with van der Waals surface area (Å²) in [4.78, 5) is 0. The molecule has 0 saturated heterocycles. The minimum absolute atomic E-state index is 0.00494. The van der Waals surface area contributed by atoms with Crippen LogP contribution in [0.5, 0.6) is 11.5 Å². The van der Waals surface area contributed by atoms with Crippen molar-refractivity contribution in [1.82, 2.24) is 0 Å². The Hall–Kier alpha value is -1.86. The zero-order valence-corrected chi connectivity index (χ0v) is 16.9. The molecule has 2 rings (SSSR count). The van der Waals surface area contributed by atoms with E-state index >= 15 is 0 Å². The summed E-state index contributed by atoms with van der Waals surface area (Å²) in [6.07, 6.45) is 2.54. The summed E-state index contributed by atoms with van der Waals surface area (Å²) >= 11 is 18.5. The average molecular weight is 411 g/mol. The second-order valence-corrected chi connectivity index (χ2v) is 6.92. The molecule has 136 valence electrons. The van der Waals surface area contributed by atoms with Crippen molar-refractivity contribution in [1.29, 1.82) is 5.26 Å². The molecular formula is C20H18Cl3NO2. The largest absolute Gasteiger partial charge is 0.493 e. The topological polar surface area (TPSA) is 42.2 Å². The smallest absolute Gasteiger partial charge is 0.180 e. The van der Waals surface area contributed by atoms with Gasteiger partial charge in [-0.3, -0.25) is 0 Å². The number of nitriles is 1. The Bertz CT molecular complexity index is 872. The quantitative estimate of drug-likeness (QED) is 0.384. The first kappa shape index (κ1) is 20.5. The number of hydrogen-bond acceptors (Lipinski definition) is 3. The van der Waals surface area contributed by atoms with Gasteiger partial charge in [-0.1, -0.05) is 47.8 Å². The van der Waals surface area contributed by atoms with Gasteiger partial charge in [0.05, 0.1) is 34.9 Å². The molecule has 0 aliphatic rings. The molecule has 6 heteroatoms. The van der Waals surface area contributed by atoms with Gasteiger partial charge in [0, 0.05) is 10.6 Å². The van der Waals surface area contributed by atoms with Gasteiger partial charge in [0.2, 0.25) is 0 Å². The summed E-state index contributed by atoms with van der Waals surface area (Å²) in [5.41, 5.74) is 1.68. The summed E-state index contributed by atoms with van der Waals surface area (Å²) < 4.78 is 11.2. The minimum atomic E-state index is 0.00494. The third kappa shape index (κ3) is 4.86. The van der Waals surface area contributed by atoms with Crippen LogP contribution in [0.25, 0.3) is 11.6 Å². The van der Waals surface area contributed by atoms with Gasteiger partial charge in [-0.05, 0) is 49.2 Å². The first-order valence-corrected chi connectivity index (χ1v) is 9.14. The van der Waals surface area contributed by atoms with Crippen LogP contribution in [0.4, 0.5) is 0 Å². The molecule has 0 fully saturated rings. The molecular weight excluding hydrogens is 393 g/mol. The maximum Gasteiger partial charge on any atom is 0.180 e. The van der Waals surface area contributed by atoms with E-state index in [0.717, 1.165) is 6.42 Å². The predicted molar refractivity (Wildman–Crippen MR) is 108 cm³/mol. The lowest BCUT2D eigenvalue weighted by atomic mass is 10.0. The second-order valence-electron chi connectivity index (χ2n) is 5.66. The molecule has 0 spiro atoms. The van der Waals surface area contributed by atoms with Crippen molar-refractivity contribution < 1.29 is 9.47 Å². The SMILES string of the molecule is CCC(C)Oc1c(Cl)cc(C=C(C#N)c2ccc(Cl)cc2Cl)cc1OC. The molecule has 2 aromatic carbocycles. The van der Waals surface area contributed by atoms with Crippen LogP contribution >= 0.6 is 34.8 Å². The Balaban J connectivity index is 2.48. The van der Waals surface area contributed by atoms with E-state index in [9.17, 15) is 5.26 Å². The highest BCUT2D eigenvalue weighted by atomic mass is 35.5. The molecule has 0 saturated carbocycles. The number of nitrogens with zero attached hydrogens (tertiary/aromatic N) is 1. The molecule has 0 N–H and O–H groups in total. The van der Waals surface area contributed by atoms with E-state index in [1.165, 1.54) is 0 Å². The van der Waals surface area contributed by atoms with Crippen molar-refractivity contribution in [2.45, 2.75) is 26.4 Å². The summed E-state index contributed by atoms with van der Waals surface area (Å²) in [6, 6.07) is 10.6. The van der Waals surface area contributed by atoms with Gasteiger partial charge < -0.3 is 9.47 Å². The van der Waals surface area contributed by atoms with E-state index in [2.05, 4.69) is 6.07 Å². The van der Waals surface area contributed by atoms with Crippen LogP contribution < -0.4 is 9.47 Å². The van der Waals surface area contributed by atoms with Gasteiger partial charge in [-0.25, -0.2) is 0 Å². The molecule has 0 aliphatic heterocycles. The Morgan fingerprint density at radius 3 is 2.50 bits per heavy atom. The van der Waals surface area contributed by atoms with Crippen LogP contribution in [0.2, 0.25) is 15.1 Å². The van der Waals surface area contributed by atoms with Crippen LogP contribution in [0.1, 0.15) is 31.4 Å². The highest BCUT2D eigenvalue weighted by Gasteiger charge is 2.15. The zero-order valence-electron chi connectivity index (χ0n) is 14.6. The Morgan fingerprint density at radius 1 is 1.19 bits per heavy atom. The first-order chi connectivity index (χ1) is 12.4.